The molecule has 0 fully saturated rings. The number of nitrogens with one attached hydrogen (secondary N) is 2. The number of thioether (sulfide) groups is 1. The van der Waals surface area contributed by atoms with Gasteiger partial charge in [-0.25, -0.2) is 5.43 Å². The van der Waals surface area contributed by atoms with Gasteiger partial charge in [0, 0.05) is 31.4 Å². The summed E-state index contributed by atoms with van der Waals surface area (Å²) in [6, 6.07) is 9.62. The van der Waals surface area contributed by atoms with E-state index in [4.69, 9.17) is 14.2 Å². The van der Waals surface area contributed by atoms with Crippen LogP contribution in [0.2, 0.25) is 0 Å². The van der Waals surface area contributed by atoms with E-state index in [1.165, 1.54) is 11.8 Å². The first-order chi connectivity index (χ1) is 15.1. The van der Waals surface area contributed by atoms with Crippen molar-refractivity contribution >= 4 is 23.9 Å². The first-order valence-corrected chi connectivity index (χ1v) is 11.1. The number of carbonyl (C=O) groups excluding carboxylic acids is 1. The second-order valence-corrected chi connectivity index (χ2v) is 6.85. The number of allylic oxidation sites excluding steroid dienone is 4. The summed E-state index contributed by atoms with van der Waals surface area (Å²) in [5.41, 5.74) is 3.22. The molecule has 0 saturated carbocycles. The van der Waals surface area contributed by atoms with Gasteiger partial charge in [-0.3, -0.25) is 4.79 Å². The first-order valence-electron chi connectivity index (χ1n) is 9.98. The minimum atomic E-state index is -0.404. The van der Waals surface area contributed by atoms with Crippen molar-refractivity contribution in [2.45, 2.75) is 27.2 Å². The van der Waals surface area contributed by atoms with Crippen molar-refractivity contribution in [3.8, 4) is 5.75 Å². The molecule has 0 aromatic heterocycles. The van der Waals surface area contributed by atoms with Crippen molar-refractivity contribution in [1.82, 2.24) is 10.7 Å². The maximum absolute atomic E-state index is 11.3. The van der Waals surface area contributed by atoms with E-state index in [9.17, 15) is 4.79 Å². The Labute approximate surface area is 190 Å². The van der Waals surface area contributed by atoms with Crippen molar-refractivity contribution in [3.63, 3.8) is 0 Å². The number of benzene rings is 1. The molecule has 1 aromatic rings. The Morgan fingerprint density at radius 2 is 2.00 bits per heavy atom. The molecule has 0 heterocycles. The van der Waals surface area contributed by atoms with Crippen molar-refractivity contribution in [2.75, 3.05) is 31.8 Å². The van der Waals surface area contributed by atoms with Crippen LogP contribution in [0.5, 0.6) is 5.75 Å². The summed E-state index contributed by atoms with van der Waals surface area (Å²) in [4.78, 5) is 11.3. The summed E-state index contributed by atoms with van der Waals surface area (Å²) < 4.78 is 15.7. The van der Waals surface area contributed by atoms with Crippen LogP contribution in [-0.2, 0) is 14.3 Å². The molecule has 1 amide bonds. The number of amides is 1. The van der Waals surface area contributed by atoms with Crippen molar-refractivity contribution < 1.29 is 19.0 Å². The summed E-state index contributed by atoms with van der Waals surface area (Å²) in [7, 11) is 1.58. The minimum absolute atomic E-state index is 0.106. The lowest BCUT2D eigenvalue weighted by atomic mass is 10.3. The molecular weight excluding hydrogens is 414 g/mol. The lowest BCUT2D eigenvalue weighted by Crippen LogP contribution is -2.32. The fourth-order valence-corrected chi connectivity index (χ4v) is 2.49. The van der Waals surface area contributed by atoms with Gasteiger partial charge in [0.25, 0.3) is 0 Å². The smallest absolute Gasteiger partial charge is 0.250 e. The van der Waals surface area contributed by atoms with Gasteiger partial charge in [0.05, 0.1) is 12.4 Å². The molecule has 0 spiro atoms. The summed E-state index contributed by atoms with van der Waals surface area (Å²) in [6.45, 7) is 10.7. The number of hydrogen-bond acceptors (Lipinski definition) is 7. The lowest BCUT2D eigenvalue weighted by molar-refractivity contribution is -0.133. The number of carbonyl (C=O) groups is 1. The molecule has 8 heteroatoms. The predicted molar refractivity (Wildman–Crippen MR) is 130 cm³/mol. The number of para-hydroxylation sites is 1. The van der Waals surface area contributed by atoms with Gasteiger partial charge < -0.3 is 19.5 Å². The molecule has 172 valence electrons. The Morgan fingerprint density at radius 1 is 1.26 bits per heavy atom. The van der Waals surface area contributed by atoms with E-state index in [-0.39, 0.29) is 5.91 Å². The molecule has 1 unspecified atom stereocenters. The van der Waals surface area contributed by atoms with E-state index in [1.807, 2.05) is 69.3 Å². The second kappa shape index (κ2) is 20.7. The van der Waals surface area contributed by atoms with Crippen molar-refractivity contribution in [1.29, 1.82) is 0 Å². The molecule has 1 rings (SSSR count). The van der Waals surface area contributed by atoms with Crippen LogP contribution in [0, 0.1) is 0 Å². The highest BCUT2D eigenvalue weighted by molar-refractivity contribution is 7.99. The van der Waals surface area contributed by atoms with Crippen LogP contribution >= 0.6 is 11.8 Å². The van der Waals surface area contributed by atoms with Gasteiger partial charge in [0.1, 0.15) is 5.75 Å². The summed E-state index contributed by atoms with van der Waals surface area (Å²) in [5, 5.41) is 6.69. The average molecular weight is 450 g/mol. The Bertz CT molecular complexity index is 679. The molecule has 0 radical (unpaired) electrons. The van der Waals surface area contributed by atoms with Crippen LogP contribution in [0.1, 0.15) is 20.8 Å². The zero-order valence-corrected chi connectivity index (χ0v) is 19.7. The molecule has 0 aliphatic heterocycles. The Morgan fingerprint density at radius 3 is 2.61 bits per heavy atom. The van der Waals surface area contributed by atoms with E-state index >= 15 is 0 Å². The van der Waals surface area contributed by atoms with E-state index in [1.54, 1.807) is 19.4 Å². The number of hydrogen-bond donors (Lipinski definition) is 2. The largest absolute Gasteiger partial charge is 0.493 e. The lowest BCUT2D eigenvalue weighted by Gasteiger charge is -2.17. The standard InChI is InChI=1S/C14H18N2O2S.C9H17NO2/c1-2-3-9-15-16-14(17)12-19-11-10-18-13-7-5-4-6-8-13;1-5-7-8(3)10-9(11-4)12-6-2/h2-9H,10-12H2,1H3,(H,16,17);5,7,9-10H,3,6H2,1-2,4H3/b3-2+,15-9+;7-5-. The van der Waals surface area contributed by atoms with Gasteiger partial charge in [-0.2, -0.15) is 5.10 Å². The van der Waals surface area contributed by atoms with Gasteiger partial charge in [-0.1, -0.05) is 36.9 Å². The third-order valence-corrected chi connectivity index (χ3v) is 4.14. The predicted octanol–water partition coefficient (Wildman–Crippen LogP) is 4.11. The van der Waals surface area contributed by atoms with Crippen LogP contribution in [0.3, 0.4) is 0 Å². The topological polar surface area (TPSA) is 81.2 Å². The van der Waals surface area contributed by atoms with E-state index in [0.29, 0.717) is 19.0 Å². The average Bonchev–Trinajstić information content (AvgIpc) is 2.77. The molecule has 7 nitrogen and oxygen atoms in total. The number of nitrogens with zero attached hydrogens (tertiary/aromatic N) is 1. The first kappa shape index (κ1) is 28.5. The van der Waals surface area contributed by atoms with Gasteiger partial charge in [0.2, 0.25) is 12.3 Å². The summed E-state index contributed by atoms with van der Waals surface area (Å²) >= 11 is 1.52. The van der Waals surface area contributed by atoms with Crippen LogP contribution < -0.4 is 15.5 Å². The van der Waals surface area contributed by atoms with E-state index in [2.05, 4.69) is 22.4 Å². The van der Waals surface area contributed by atoms with Crippen molar-refractivity contribution in [2.24, 2.45) is 5.10 Å². The van der Waals surface area contributed by atoms with Crippen LogP contribution in [0.25, 0.3) is 0 Å². The second-order valence-electron chi connectivity index (χ2n) is 5.75. The minimum Gasteiger partial charge on any atom is -0.493 e. The highest BCUT2D eigenvalue weighted by Gasteiger charge is 2.03. The number of ether oxygens (including phenoxy) is 3. The molecule has 0 aliphatic carbocycles. The quantitative estimate of drug-likeness (QED) is 0.146. The molecule has 31 heavy (non-hydrogen) atoms. The van der Waals surface area contributed by atoms with Gasteiger partial charge in [0.15, 0.2) is 0 Å². The maximum atomic E-state index is 11.3. The fraction of sp³-hybridized carbons (Fsp3) is 0.391. The molecular formula is C23H35N3O4S. The van der Waals surface area contributed by atoms with Gasteiger partial charge >= 0.3 is 0 Å². The monoisotopic (exact) mass is 449 g/mol. The molecule has 1 atom stereocenters. The normalized spacial score (nSPS) is 11.9. The van der Waals surface area contributed by atoms with Gasteiger partial charge in [-0.05, 0) is 45.1 Å². The number of rotatable bonds is 14. The van der Waals surface area contributed by atoms with E-state index in [0.717, 1.165) is 17.2 Å². The molecule has 0 bridgehead atoms. The summed E-state index contributed by atoms with van der Waals surface area (Å²) in [5.74, 6) is 1.89. The van der Waals surface area contributed by atoms with E-state index < -0.39 is 6.41 Å². The Balaban J connectivity index is 0.000000649. The molecule has 1 aromatic carbocycles. The van der Waals surface area contributed by atoms with Crippen LogP contribution in [-0.4, -0.2) is 50.4 Å². The fourth-order valence-electron chi connectivity index (χ4n) is 1.89. The molecule has 0 saturated heterocycles. The SMILES string of the molecule is C/C=C/C=N/NC(=O)CSCCOc1ccccc1.C=C(/C=C\C)NC(OC)OCC. The van der Waals surface area contributed by atoms with Crippen molar-refractivity contribution in [3.05, 3.63) is 66.9 Å². The third kappa shape index (κ3) is 18.0. The van der Waals surface area contributed by atoms with Crippen LogP contribution in [0.4, 0.5) is 0 Å². The highest BCUT2D eigenvalue weighted by Crippen LogP contribution is 2.09. The number of methoxy groups -OCH3 is 1. The highest BCUT2D eigenvalue weighted by atomic mass is 32.2. The summed E-state index contributed by atoms with van der Waals surface area (Å²) in [6.07, 6.45) is 8.48. The maximum Gasteiger partial charge on any atom is 0.250 e. The van der Waals surface area contributed by atoms with Crippen LogP contribution in [0.15, 0.2) is 72.0 Å². The Hall–Kier alpha value is -2.55. The van der Waals surface area contributed by atoms with Gasteiger partial charge in [-0.15, -0.1) is 11.8 Å². The number of hydrazone groups is 1. The zero-order chi connectivity index (χ0) is 23.2. The zero-order valence-electron chi connectivity index (χ0n) is 18.9. The molecule has 0 aliphatic rings. The third-order valence-electron chi connectivity index (χ3n) is 3.22. The molecule has 2 N–H and O–H groups in total. The Kier molecular flexibility index (Phi) is 19.0.